The average molecular weight is 662 g/mol. The maximum Gasteiger partial charge on any atom is 0.258 e. The molecule has 2 heterocycles. The van der Waals surface area contributed by atoms with Crippen LogP contribution in [-0.4, -0.2) is 38.5 Å². The van der Waals surface area contributed by atoms with Crippen molar-refractivity contribution in [2.75, 3.05) is 9.80 Å². The zero-order chi connectivity index (χ0) is 32.9. The van der Waals surface area contributed by atoms with Crippen LogP contribution in [0.25, 0.3) is 0 Å². The van der Waals surface area contributed by atoms with Gasteiger partial charge in [-0.05, 0) is 97.7 Å². The van der Waals surface area contributed by atoms with Gasteiger partial charge < -0.3 is 5.11 Å². The number of allylic oxidation sites excluding steroid dienone is 2. The molecule has 7 nitrogen and oxygen atoms in total. The monoisotopic (exact) mass is 660 g/mol. The molecule has 2 saturated heterocycles. The normalized spacial score (nSPS) is 30.3. The lowest BCUT2D eigenvalue weighted by atomic mass is 9.56. The van der Waals surface area contributed by atoms with Crippen LogP contribution in [0.5, 0.6) is 5.75 Å². The topological polar surface area (TPSA) is 95.0 Å². The Morgan fingerprint density at radius 3 is 2.04 bits per heavy atom. The highest BCUT2D eigenvalue weighted by Crippen LogP contribution is 2.66. The zero-order valence-corrected chi connectivity index (χ0v) is 26.9. The van der Waals surface area contributed by atoms with E-state index in [4.69, 9.17) is 23.2 Å². The number of hydrogen-bond donors (Lipinski definition) is 1. The molecular weight excluding hydrogens is 630 g/mol. The summed E-state index contributed by atoms with van der Waals surface area (Å²) in [5.41, 5.74) is 3.93. The predicted molar refractivity (Wildman–Crippen MR) is 172 cm³/mol. The molecule has 7 rings (SSSR count). The molecule has 10 heteroatoms. The Hall–Kier alpha value is -4.01. The number of phenols is 1. The fraction of sp³-hybridized carbons (Fsp3) is 0.333. The smallest absolute Gasteiger partial charge is 0.258 e. The van der Waals surface area contributed by atoms with Crippen LogP contribution in [-0.2, 0) is 25.6 Å². The fourth-order valence-electron chi connectivity index (χ4n) is 8.06. The van der Waals surface area contributed by atoms with Gasteiger partial charge >= 0.3 is 0 Å². The molecule has 3 aromatic carbocycles. The Labute approximate surface area is 275 Å². The van der Waals surface area contributed by atoms with Crippen molar-refractivity contribution in [2.24, 2.45) is 17.8 Å². The van der Waals surface area contributed by atoms with Gasteiger partial charge in [-0.2, -0.15) is 0 Å². The number of nitrogens with zero attached hydrogens (tertiary/aromatic N) is 2. The Morgan fingerprint density at radius 1 is 0.848 bits per heavy atom. The highest BCUT2D eigenvalue weighted by molar-refractivity contribution is 6.58. The number of phenolic OH excluding ortho intramolecular Hbond substituents is 1. The number of imide groups is 2. The quantitative estimate of drug-likeness (QED) is 0.196. The number of aromatic hydroxyl groups is 1. The number of carbonyl (C=O) groups is 4. The molecule has 4 aliphatic rings. The fourth-order valence-corrected chi connectivity index (χ4v) is 9.00. The summed E-state index contributed by atoms with van der Waals surface area (Å²) in [5.74, 6) is -5.90. The Bertz CT molecular complexity index is 1850. The molecule has 0 spiro atoms. The van der Waals surface area contributed by atoms with Crippen LogP contribution < -0.4 is 9.80 Å². The number of hydrogen-bond acceptors (Lipinski definition) is 5. The van der Waals surface area contributed by atoms with Gasteiger partial charge in [0, 0.05) is 5.92 Å². The van der Waals surface area contributed by atoms with E-state index in [9.17, 15) is 28.7 Å². The Kier molecular flexibility index (Phi) is 7.00. The lowest BCUT2D eigenvalue weighted by molar-refractivity contribution is -0.125. The van der Waals surface area contributed by atoms with E-state index in [0.29, 0.717) is 28.0 Å². The van der Waals surface area contributed by atoms with Gasteiger partial charge in [0.1, 0.15) is 11.6 Å². The van der Waals surface area contributed by atoms with Gasteiger partial charge in [-0.3, -0.25) is 24.1 Å². The van der Waals surface area contributed by atoms with Crippen molar-refractivity contribution >= 4 is 58.2 Å². The van der Waals surface area contributed by atoms with E-state index in [-0.39, 0.29) is 36.1 Å². The van der Waals surface area contributed by atoms with Gasteiger partial charge in [0.25, 0.3) is 11.8 Å². The van der Waals surface area contributed by atoms with Crippen LogP contribution in [0.2, 0.25) is 0 Å². The van der Waals surface area contributed by atoms with Gasteiger partial charge in [0.05, 0.1) is 23.2 Å². The molecule has 3 aromatic rings. The second kappa shape index (κ2) is 10.5. The van der Waals surface area contributed by atoms with Crippen LogP contribution in [0.3, 0.4) is 0 Å². The lowest BCUT2D eigenvalue weighted by Crippen LogP contribution is -2.60. The minimum atomic E-state index is -2.04. The number of fused-ring (bicyclic) bond motifs is 4. The zero-order valence-electron chi connectivity index (χ0n) is 25.4. The van der Waals surface area contributed by atoms with Crippen molar-refractivity contribution in [3.8, 4) is 5.75 Å². The molecule has 3 fully saturated rings. The molecule has 0 radical (unpaired) electrons. The molecule has 4 amide bonds. The first kappa shape index (κ1) is 30.6. The molecule has 1 saturated carbocycles. The van der Waals surface area contributed by atoms with Crippen molar-refractivity contribution < 1.29 is 28.7 Å². The number of rotatable bonds is 4. The Balaban J connectivity index is 1.40. The average Bonchev–Trinajstić information content (AvgIpc) is 3.38. The second-order valence-corrected chi connectivity index (χ2v) is 14.0. The lowest BCUT2D eigenvalue weighted by Gasteiger charge is -2.50. The Morgan fingerprint density at radius 2 is 1.43 bits per heavy atom. The summed E-state index contributed by atoms with van der Waals surface area (Å²) >= 11 is 14.8. The first-order valence-electron chi connectivity index (χ1n) is 15.3. The summed E-state index contributed by atoms with van der Waals surface area (Å²) < 4.78 is 13.9. The molecule has 1 N–H and O–H groups in total. The first-order chi connectivity index (χ1) is 21.8. The van der Waals surface area contributed by atoms with Crippen molar-refractivity contribution in [1.29, 1.82) is 0 Å². The third kappa shape index (κ3) is 4.02. The van der Waals surface area contributed by atoms with E-state index >= 15 is 0 Å². The summed E-state index contributed by atoms with van der Waals surface area (Å²) in [6, 6.07) is 15.6. The molecule has 46 heavy (non-hydrogen) atoms. The molecule has 6 atom stereocenters. The maximum atomic E-state index is 14.5. The summed E-state index contributed by atoms with van der Waals surface area (Å²) in [7, 11) is 0. The molecular formula is C36H31Cl2FN2O5. The second-order valence-electron chi connectivity index (χ2n) is 12.8. The number of alkyl halides is 2. The molecule has 2 aliphatic carbocycles. The summed E-state index contributed by atoms with van der Waals surface area (Å²) in [5, 5.41) is 10.6. The van der Waals surface area contributed by atoms with Gasteiger partial charge in [-0.25, -0.2) is 9.29 Å². The molecule has 2 aliphatic heterocycles. The van der Waals surface area contributed by atoms with Crippen LogP contribution in [0.1, 0.15) is 47.9 Å². The van der Waals surface area contributed by atoms with Crippen LogP contribution in [0.4, 0.5) is 15.8 Å². The summed E-state index contributed by atoms with van der Waals surface area (Å²) in [6.07, 6.45) is 2.76. The van der Waals surface area contributed by atoms with Gasteiger partial charge in [0.2, 0.25) is 11.8 Å². The molecule has 6 unspecified atom stereocenters. The SMILES string of the molecule is CCc1ccc(N2C(=O)C3CC=C4C(CC5(Cl)C(=O)N(c6ccc(F)cc6)C(=O)C5(Cl)C4c4cc(C)c(O)c(C)c4)C3C2=O)cc1. The minimum Gasteiger partial charge on any atom is -0.507 e. The summed E-state index contributed by atoms with van der Waals surface area (Å²) in [6.45, 7) is 5.46. The summed E-state index contributed by atoms with van der Waals surface area (Å²) in [4.78, 5) is 55.0. The van der Waals surface area contributed by atoms with E-state index in [1.807, 2.05) is 25.1 Å². The van der Waals surface area contributed by atoms with Crippen molar-refractivity contribution in [1.82, 2.24) is 0 Å². The van der Waals surface area contributed by atoms with Crippen molar-refractivity contribution in [3.63, 3.8) is 0 Å². The largest absolute Gasteiger partial charge is 0.507 e. The third-order valence-electron chi connectivity index (χ3n) is 10.3. The highest BCUT2D eigenvalue weighted by atomic mass is 35.5. The number of benzene rings is 3. The van der Waals surface area contributed by atoms with Crippen molar-refractivity contribution in [3.05, 3.63) is 100 Å². The van der Waals surface area contributed by atoms with E-state index in [2.05, 4.69) is 0 Å². The van der Waals surface area contributed by atoms with Crippen LogP contribution in [0, 0.1) is 37.4 Å². The maximum absolute atomic E-state index is 14.5. The standard InChI is InChI=1S/C36H31Cl2FN2O5/c1-4-20-5-9-23(10-6-20)40-31(43)26-14-13-25-27(28(26)32(40)44)17-35(37)33(45)41(24-11-7-22(39)8-12-24)34(46)36(35,38)29(25)21-15-18(2)30(42)19(3)16-21/h5-13,15-16,26-29,42H,4,14,17H2,1-3H3. The van der Waals surface area contributed by atoms with Gasteiger partial charge in [0.15, 0.2) is 9.75 Å². The van der Waals surface area contributed by atoms with Gasteiger partial charge in [-0.15, -0.1) is 23.2 Å². The van der Waals surface area contributed by atoms with Crippen molar-refractivity contribution in [2.45, 2.75) is 55.7 Å². The first-order valence-corrected chi connectivity index (χ1v) is 16.1. The molecule has 0 bridgehead atoms. The predicted octanol–water partition coefficient (Wildman–Crippen LogP) is 6.48. The van der Waals surface area contributed by atoms with E-state index in [1.165, 1.54) is 17.0 Å². The van der Waals surface area contributed by atoms with E-state index < -0.39 is 51.1 Å². The van der Waals surface area contributed by atoms with E-state index in [1.54, 1.807) is 38.1 Å². The number of amides is 4. The number of halogens is 3. The van der Waals surface area contributed by atoms with Gasteiger partial charge in [-0.1, -0.05) is 42.8 Å². The van der Waals surface area contributed by atoms with E-state index in [0.717, 1.165) is 29.0 Å². The number of carbonyl (C=O) groups excluding carboxylic acids is 4. The minimum absolute atomic E-state index is 0.0811. The van der Waals surface area contributed by atoms with Crippen LogP contribution in [0.15, 0.2) is 72.3 Å². The third-order valence-corrected chi connectivity index (χ3v) is 11.8. The number of aryl methyl sites for hydroxylation is 3. The highest BCUT2D eigenvalue weighted by Gasteiger charge is 2.76. The molecule has 236 valence electrons. The molecule has 0 aromatic heterocycles. The number of anilines is 2. The van der Waals surface area contributed by atoms with Crippen LogP contribution >= 0.6 is 23.2 Å².